The van der Waals surface area contributed by atoms with Crippen LogP contribution in [0.25, 0.3) is 0 Å². The number of aliphatic hydroxyl groups is 1. The number of hydrogen-bond donors (Lipinski definition) is 1. The van der Waals surface area contributed by atoms with E-state index in [1.807, 2.05) is 6.07 Å². The predicted octanol–water partition coefficient (Wildman–Crippen LogP) is 1.93. The SMILES string of the molecule is CN(C(=O)c1cccc(C#N)c1)C1CCCCC1O. The summed E-state index contributed by atoms with van der Waals surface area (Å²) in [5.41, 5.74) is 0.975. The van der Waals surface area contributed by atoms with Gasteiger partial charge in [-0.25, -0.2) is 0 Å². The summed E-state index contributed by atoms with van der Waals surface area (Å²) in [6.07, 6.45) is 3.20. The second-order valence-corrected chi connectivity index (χ2v) is 5.03. The molecule has 19 heavy (non-hydrogen) atoms. The van der Waals surface area contributed by atoms with Crippen molar-refractivity contribution in [3.8, 4) is 6.07 Å². The number of rotatable bonds is 2. The quantitative estimate of drug-likeness (QED) is 0.881. The Morgan fingerprint density at radius 2 is 2.16 bits per heavy atom. The van der Waals surface area contributed by atoms with Crippen molar-refractivity contribution >= 4 is 5.91 Å². The standard InChI is InChI=1S/C15H18N2O2/c1-17(13-7-2-3-8-14(13)18)15(19)12-6-4-5-11(9-12)10-16/h4-6,9,13-14,18H,2-3,7-8H2,1H3. The van der Waals surface area contributed by atoms with Gasteiger partial charge in [0.2, 0.25) is 0 Å². The first-order valence-corrected chi connectivity index (χ1v) is 6.59. The highest BCUT2D eigenvalue weighted by molar-refractivity contribution is 5.94. The van der Waals surface area contributed by atoms with Crippen molar-refractivity contribution in [1.82, 2.24) is 4.90 Å². The maximum absolute atomic E-state index is 12.4. The van der Waals surface area contributed by atoms with E-state index in [9.17, 15) is 9.90 Å². The molecule has 1 aromatic carbocycles. The maximum atomic E-state index is 12.4. The molecule has 1 aromatic rings. The van der Waals surface area contributed by atoms with E-state index in [0.717, 1.165) is 25.7 Å². The Hall–Kier alpha value is -1.86. The number of likely N-dealkylation sites (N-methyl/N-ethyl adjacent to an activating group) is 1. The Kier molecular flexibility index (Phi) is 4.18. The number of benzene rings is 1. The van der Waals surface area contributed by atoms with Crippen LogP contribution in [0.4, 0.5) is 0 Å². The zero-order chi connectivity index (χ0) is 13.8. The largest absolute Gasteiger partial charge is 0.391 e. The fraction of sp³-hybridized carbons (Fsp3) is 0.467. The molecule has 0 spiro atoms. The zero-order valence-electron chi connectivity index (χ0n) is 11.0. The lowest BCUT2D eigenvalue weighted by Gasteiger charge is -2.35. The van der Waals surface area contributed by atoms with Crippen molar-refractivity contribution in [2.75, 3.05) is 7.05 Å². The predicted molar refractivity (Wildman–Crippen MR) is 71.5 cm³/mol. The highest BCUT2D eigenvalue weighted by Crippen LogP contribution is 2.23. The summed E-state index contributed by atoms with van der Waals surface area (Å²) in [7, 11) is 1.72. The monoisotopic (exact) mass is 258 g/mol. The molecule has 2 rings (SSSR count). The van der Waals surface area contributed by atoms with Gasteiger partial charge in [-0.15, -0.1) is 0 Å². The van der Waals surface area contributed by atoms with Crippen molar-refractivity contribution < 1.29 is 9.90 Å². The molecule has 0 radical (unpaired) electrons. The molecule has 0 aromatic heterocycles. The van der Waals surface area contributed by atoms with Crippen molar-refractivity contribution in [2.24, 2.45) is 0 Å². The minimum Gasteiger partial charge on any atom is -0.391 e. The number of carbonyl (C=O) groups excluding carboxylic acids is 1. The summed E-state index contributed by atoms with van der Waals surface area (Å²) in [6, 6.07) is 8.58. The number of hydrogen-bond acceptors (Lipinski definition) is 3. The summed E-state index contributed by atoms with van der Waals surface area (Å²) >= 11 is 0. The third-order valence-corrected chi connectivity index (χ3v) is 3.75. The molecule has 2 unspecified atom stereocenters. The summed E-state index contributed by atoms with van der Waals surface area (Å²) in [6.45, 7) is 0. The van der Waals surface area contributed by atoms with E-state index in [1.54, 1.807) is 36.2 Å². The number of aliphatic hydroxyl groups excluding tert-OH is 1. The number of amides is 1. The third-order valence-electron chi connectivity index (χ3n) is 3.75. The van der Waals surface area contributed by atoms with Gasteiger partial charge in [-0.2, -0.15) is 5.26 Å². The first-order valence-electron chi connectivity index (χ1n) is 6.59. The van der Waals surface area contributed by atoms with Gasteiger partial charge in [0.05, 0.1) is 23.8 Å². The summed E-state index contributed by atoms with van der Waals surface area (Å²) in [5.74, 6) is -0.136. The van der Waals surface area contributed by atoms with Crippen LogP contribution in [0.15, 0.2) is 24.3 Å². The van der Waals surface area contributed by atoms with E-state index in [0.29, 0.717) is 11.1 Å². The molecule has 1 N–H and O–H groups in total. The van der Waals surface area contributed by atoms with Crippen molar-refractivity contribution in [3.63, 3.8) is 0 Å². The lowest BCUT2D eigenvalue weighted by Crippen LogP contribution is -2.46. The van der Waals surface area contributed by atoms with Gasteiger partial charge in [0.1, 0.15) is 0 Å². The molecule has 4 nitrogen and oxygen atoms in total. The Morgan fingerprint density at radius 3 is 2.84 bits per heavy atom. The maximum Gasteiger partial charge on any atom is 0.253 e. The van der Waals surface area contributed by atoms with Crippen LogP contribution in [0, 0.1) is 11.3 Å². The highest BCUT2D eigenvalue weighted by atomic mass is 16.3. The van der Waals surface area contributed by atoms with Crippen LogP contribution in [0.5, 0.6) is 0 Å². The average Bonchev–Trinajstić information content (AvgIpc) is 2.46. The van der Waals surface area contributed by atoms with Gasteiger partial charge < -0.3 is 10.0 Å². The molecule has 1 aliphatic rings. The second kappa shape index (κ2) is 5.85. The van der Waals surface area contributed by atoms with Crippen LogP contribution in [0.1, 0.15) is 41.6 Å². The molecular formula is C15H18N2O2. The van der Waals surface area contributed by atoms with Crippen LogP contribution < -0.4 is 0 Å². The van der Waals surface area contributed by atoms with Gasteiger partial charge in [-0.05, 0) is 31.0 Å². The molecule has 0 heterocycles. The highest BCUT2D eigenvalue weighted by Gasteiger charge is 2.29. The van der Waals surface area contributed by atoms with Gasteiger partial charge >= 0.3 is 0 Å². The Balaban J connectivity index is 2.16. The molecule has 4 heteroatoms. The minimum absolute atomic E-state index is 0.119. The second-order valence-electron chi connectivity index (χ2n) is 5.03. The average molecular weight is 258 g/mol. The number of nitrogens with zero attached hydrogens (tertiary/aromatic N) is 2. The van der Waals surface area contributed by atoms with Gasteiger partial charge in [0.15, 0.2) is 0 Å². The molecule has 1 saturated carbocycles. The Labute approximate surface area is 113 Å². The van der Waals surface area contributed by atoms with E-state index < -0.39 is 6.10 Å². The van der Waals surface area contributed by atoms with Crippen molar-refractivity contribution in [1.29, 1.82) is 5.26 Å². The molecule has 1 amide bonds. The van der Waals surface area contributed by atoms with Crippen molar-refractivity contribution in [2.45, 2.75) is 37.8 Å². The van der Waals surface area contributed by atoms with E-state index in [-0.39, 0.29) is 11.9 Å². The summed E-state index contributed by atoms with van der Waals surface area (Å²) < 4.78 is 0. The molecular weight excluding hydrogens is 240 g/mol. The van der Waals surface area contributed by atoms with E-state index in [1.165, 1.54) is 0 Å². The molecule has 0 bridgehead atoms. The van der Waals surface area contributed by atoms with E-state index in [4.69, 9.17) is 5.26 Å². The fourth-order valence-electron chi connectivity index (χ4n) is 2.62. The fourth-order valence-corrected chi connectivity index (χ4v) is 2.62. The number of nitriles is 1. The normalized spacial score (nSPS) is 22.6. The molecule has 2 atom stereocenters. The lowest BCUT2D eigenvalue weighted by atomic mass is 9.91. The zero-order valence-corrected chi connectivity index (χ0v) is 11.0. The molecule has 100 valence electrons. The van der Waals surface area contributed by atoms with Crippen LogP contribution in [-0.2, 0) is 0 Å². The Bertz CT molecular complexity index is 507. The summed E-state index contributed by atoms with van der Waals surface area (Å²) in [4.78, 5) is 14.0. The molecule has 0 aliphatic heterocycles. The lowest BCUT2D eigenvalue weighted by molar-refractivity contribution is 0.0268. The van der Waals surface area contributed by atoms with Crippen molar-refractivity contribution in [3.05, 3.63) is 35.4 Å². The minimum atomic E-state index is -0.443. The molecule has 1 fully saturated rings. The topological polar surface area (TPSA) is 64.3 Å². The van der Waals surface area contributed by atoms with Crippen LogP contribution in [0.3, 0.4) is 0 Å². The van der Waals surface area contributed by atoms with Gasteiger partial charge in [0, 0.05) is 12.6 Å². The van der Waals surface area contributed by atoms with Gasteiger partial charge in [0.25, 0.3) is 5.91 Å². The van der Waals surface area contributed by atoms with Crippen LogP contribution in [-0.4, -0.2) is 35.1 Å². The Morgan fingerprint density at radius 1 is 1.42 bits per heavy atom. The van der Waals surface area contributed by atoms with Gasteiger partial charge in [-0.1, -0.05) is 18.9 Å². The third kappa shape index (κ3) is 2.94. The first kappa shape index (κ1) is 13.6. The number of carbonyl (C=O) groups is 1. The molecule has 0 saturated heterocycles. The van der Waals surface area contributed by atoms with Crippen LogP contribution in [0.2, 0.25) is 0 Å². The summed E-state index contributed by atoms with van der Waals surface area (Å²) in [5, 5.41) is 18.8. The van der Waals surface area contributed by atoms with E-state index in [2.05, 4.69) is 0 Å². The van der Waals surface area contributed by atoms with Gasteiger partial charge in [-0.3, -0.25) is 4.79 Å². The molecule has 1 aliphatic carbocycles. The first-order chi connectivity index (χ1) is 9.13. The smallest absolute Gasteiger partial charge is 0.253 e. The van der Waals surface area contributed by atoms with E-state index >= 15 is 0 Å². The van der Waals surface area contributed by atoms with Crippen LogP contribution >= 0.6 is 0 Å².